The number of aryl methyl sites for hydroxylation is 1. The number of aromatic amines is 1. The molecule has 0 aliphatic carbocycles. The van der Waals surface area contributed by atoms with Gasteiger partial charge in [-0.05, 0) is 42.3 Å². The van der Waals surface area contributed by atoms with Gasteiger partial charge in [-0.25, -0.2) is 9.18 Å². The molecule has 0 unspecified atom stereocenters. The van der Waals surface area contributed by atoms with Gasteiger partial charge in [-0.15, -0.1) is 0 Å². The van der Waals surface area contributed by atoms with Crippen LogP contribution in [0.15, 0.2) is 70.0 Å². The number of carbonyl (C=O) groups excluding carboxylic acids is 2. The molecule has 4 rings (SSSR count). The number of anilines is 1. The third kappa shape index (κ3) is 4.49. The average Bonchev–Trinajstić information content (AvgIpc) is 2.77. The van der Waals surface area contributed by atoms with Crippen molar-refractivity contribution in [2.24, 2.45) is 0 Å². The number of nitrogens with zero attached hydrogens (tertiary/aromatic N) is 3. The summed E-state index contributed by atoms with van der Waals surface area (Å²) in [5.41, 5.74) is 0.944. The fraction of sp³-hybridized carbons (Fsp3) is 0.174. The number of amides is 2. The SMILES string of the molecule is Cc1ccc(-n2ncc(=O)[nH]c2=O)cc1NC(=O)C1=CN(C)C(=O)C[C@H]1c1cccc(F)c1. The van der Waals surface area contributed by atoms with Gasteiger partial charge in [-0.1, -0.05) is 18.2 Å². The van der Waals surface area contributed by atoms with Crippen molar-refractivity contribution < 1.29 is 14.0 Å². The Bertz CT molecular complexity index is 1410. The molecule has 0 spiro atoms. The minimum atomic E-state index is -0.718. The monoisotopic (exact) mass is 449 g/mol. The Morgan fingerprint density at radius 1 is 1.18 bits per heavy atom. The van der Waals surface area contributed by atoms with Crippen molar-refractivity contribution in [3.8, 4) is 5.69 Å². The molecule has 9 nitrogen and oxygen atoms in total. The molecule has 0 radical (unpaired) electrons. The number of rotatable bonds is 4. The quantitative estimate of drug-likeness (QED) is 0.630. The Kier molecular flexibility index (Phi) is 5.74. The Labute approximate surface area is 187 Å². The lowest BCUT2D eigenvalue weighted by atomic mass is 9.85. The van der Waals surface area contributed by atoms with E-state index in [9.17, 15) is 23.6 Å². The molecule has 2 heterocycles. The van der Waals surface area contributed by atoms with E-state index in [-0.39, 0.29) is 12.3 Å². The van der Waals surface area contributed by atoms with Crippen molar-refractivity contribution in [3.05, 3.63) is 98.2 Å². The van der Waals surface area contributed by atoms with E-state index >= 15 is 0 Å². The number of hydrogen-bond donors (Lipinski definition) is 2. The number of H-pyrrole nitrogens is 1. The zero-order valence-electron chi connectivity index (χ0n) is 17.8. The van der Waals surface area contributed by atoms with Crippen molar-refractivity contribution in [2.45, 2.75) is 19.3 Å². The zero-order chi connectivity index (χ0) is 23.7. The molecule has 10 heteroatoms. The summed E-state index contributed by atoms with van der Waals surface area (Å²) in [6.07, 6.45) is 2.45. The van der Waals surface area contributed by atoms with E-state index in [2.05, 4.69) is 15.4 Å². The van der Waals surface area contributed by atoms with Crippen LogP contribution in [0.25, 0.3) is 5.69 Å². The van der Waals surface area contributed by atoms with Gasteiger partial charge in [0.15, 0.2) is 0 Å². The van der Waals surface area contributed by atoms with Crippen LogP contribution in [0.4, 0.5) is 10.1 Å². The van der Waals surface area contributed by atoms with Crippen LogP contribution in [-0.4, -0.2) is 38.5 Å². The van der Waals surface area contributed by atoms with Gasteiger partial charge in [0.25, 0.3) is 11.5 Å². The number of hydrogen-bond acceptors (Lipinski definition) is 5. The maximum absolute atomic E-state index is 13.8. The minimum Gasteiger partial charge on any atom is -0.322 e. The Hall–Kier alpha value is -4.34. The van der Waals surface area contributed by atoms with Crippen LogP contribution < -0.4 is 16.6 Å². The van der Waals surface area contributed by atoms with Gasteiger partial charge in [-0.2, -0.15) is 9.78 Å². The fourth-order valence-corrected chi connectivity index (χ4v) is 3.64. The molecule has 2 N–H and O–H groups in total. The lowest BCUT2D eigenvalue weighted by Crippen LogP contribution is -2.33. The highest BCUT2D eigenvalue weighted by atomic mass is 19.1. The molecule has 1 aliphatic rings. The average molecular weight is 449 g/mol. The normalized spacial score (nSPS) is 15.8. The molecule has 0 bridgehead atoms. The fourth-order valence-electron chi connectivity index (χ4n) is 3.64. The number of nitrogens with one attached hydrogen (secondary N) is 2. The lowest BCUT2D eigenvalue weighted by molar-refractivity contribution is -0.128. The predicted molar refractivity (Wildman–Crippen MR) is 118 cm³/mol. The topological polar surface area (TPSA) is 117 Å². The molecule has 3 aromatic rings. The summed E-state index contributed by atoms with van der Waals surface area (Å²) in [6, 6.07) is 10.7. The lowest BCUT2D eigenvalue weighted by Gasteiger charge is -2.28. The van der Waals surface area contributed by atoms with Crippen LogP contribution in [0.2, 0.25) is 0 Å². The molecule has 1 aromatic heterocycles. The predicted octanol–water partition coefficient (Wildman–Crippen LogP) is 1.84. The Balaban J connectivity index is 1.69. The molecular weight excluding hydrogens is 429 g/mol. The van der Waals surface area contributed by atoms with E-state index in [1.54, 1.807) is 38.2 Å². The van der Waals surface area contributed by atoms with Crippen LogP contribution >= 0.6 is 0 Å². The van der Waals surface area contributed by atoms with Crippen LogP contribution in [0.5, 0.6) is 0 Å². The summed E-state index contributed by atoms with van der Waals surface area (Å²) in [6.45, 7) is 1.78. The summed E-state index contributed by atoms with van der Waals surface area (Å²) in [7, 11) is 1.55. The minimum absolute atomic E-state index is 0.0227. The Morgan fingerprint density at radius 2 is 1.97 bits per heavy atom. The molecule has 1 atom stereocenters. The molecule has 0 fully saturated rings. The van der Waals surface area contributed by atoms with Crippen molar-refractivity contribution in [3.63, 3.8) is 0 Å². The zero-order valence-corrected chi connectivity index (χ0v) is 17.8. The molecule has 168 valence electrons. The second-order valence-corrected chi connectivity index (χ2v) is 7.70. The second-order valence-electron chi connectivity index (χ2n) is 7.70. The molecule has 2 amide bonds. The van der Waals surface area contributed by atoms with Gasteiger partial charge in [0, 0.05) is 36.8 Å². The Morgan fingerprint density at radius 3 is 2.70 bits per heavy atom. The van der Waals surface area contributed by atoms with Gasteiger partial charge >= 0.3 is 5.69 Å². The van der Waals surface area contributed by atoms with Crippen LogP contribution in [0, 0.1) is 12.7 Å². The second kappa shape index (κ2) is 8.65. The van der Waals surface area contributed by atoms with Crippen molar-refractivity contribution in [1.29, 1.82) is 0 Å². The first-order valence-electron chi connectivity index (χ1n) is 10.1. The van der Waals surface area contributed by atoms with Gasteiger partial charge in [0.05, 0.1) is 5.69 Å². The number of benzene rings is 2. The van der Waals surface area contributed by atoms with Gasteiger partial charge in [0.2, 0.25) is 5.91 Å². The molecule has 33 heavy (non-hydrogen) atoms. The van der Waals surface area contributed by atoms with E-state index in [4.69, 9.17) is 0 Å². The highest BCUT2D eigenvalue weighted by Gasteiger charge is 2.31. The van der Waals surface area contributed by atoms with E-state index in [1.165, 1.54) is 29.3 Å². The van der Waals surface area contributed by atoms with Gasteiger partial charge < -0.3 is 10.2 Å². The van der Waals surface area contributed by atoms with Gasteiger partial charge in [0.1, 0.15) is 12.0 Å². The van der Waals surface area contributed by atoms with E-state index in [1.807, 2.05) is 0 Å². The van der Waals surface area contributed by atoms with Crippen LogP contribution in [0.3, 0.4) is 0 Å². The van der Waals surface area contributed by atoms with E-state index in [0.717, 1.165) is 10.9 Å². The first-order valence-corrected chi connectivity index (χ1v) is 10.1. The van der Waals surface area contributed by atoms with Crippen LogP contribution in [0.1, 0.15) is 23.5 Å². The standard InChI is InChI=1S/C23H20FN5O4/c1-13-6-7-16(29-23(33)27-20(30)11-25-29)9-19(13)26-22(32)18-12-28(2)21(31)10-17(18)14-4-3-5-15(24)8-14/h3-9,11-12,17H,10H2,1-2H3,(H,26,32)(H,27,30,33)/t17-/m0/s1. The third-order valence-corrected chi connectivity index (χ3v) is 5.42. The number of aromatic nitrogens is 3. The summed E-state index contributed by atoms with van der Waals surface area (Å²) in [4.78, 5) is 52.4. The smallest absolute Gasteiger partial charge is 0.322 e. The largest absolute Gasteiger partial charge is 0.349 e. The van der Waals surface area contributed by atoms with Crippen molar-refractivity contribution in [2.75, 3.05) is 12.4 Å². The van der Waals surface area contributed by atoms with Crippen molar-refractivity contribution >= 4 is 17.5 Å². The molecule has 0 saturated carbocycles. The van der Waals surface area contributed by atoms with E-state index < -0.39 is 28.9 Å². The maximum Gasteiger partial charge on any atom is 0.349 e. The highest BCUT2D eigenvalue weighted by molar-refractivity contribution is 6.06. The first kappa shape index (κ1) is 21.9. The third-order valence-electron chi connectivity index (χ3n) is 5.42. The molecule has 0 saturated heterocycles. The number of halogens is 1. The van der Waals surface area contributed by atoms with Crippen molar-refractivity contribution in [1.82, 2.24) is 19.7 Å². The van der Waals surface area contributed by atoms with Crippen LogP contribution in [-0.2, 0) is 9.59 Å². The number of carbonyl (C=O) groups is 2. The summed E-state index contributed by atoms with van der Waals surface area (Å²) < 4.78 is 14.8. The summed E-state index contributed by atoms with van der Waals surface area (Å²) in [5, 5.41) is 6.64. The van der Waals surface area contributed by atoms with Gasteiger partial charge in [-0.3, -0.25) is 19.4 Å². The first-order chi connectivity index (χ1) is 15.7. The molecule has 2 aromatic carbocycles. The highest BCUT2D eigenvalue weighted by Crippen LogP contribution is 2.33. The molecule has 1 aliphatic heterocycles. The summed E-state index contributed by atoms with van der Waals surface area (Å²) >= 11 is 0. The molecular formula is C23H20FN5O4. The maximum atomic E-state index is 13.8. The van der Waals surface area contributed by atoms with E-state index in [0.29, 0.717) is 28.1 Å². The summed E-state index contributed by atoms with van der Waals surface area (Å²) in [5.74, 6) is -1.73.